The molecule has 2 aromatic rings. The van der Waals surface area contributed by atoms with Gasteiger partial charge in [0.15, 0.2) is 0 Å². The molecule has 1 aromatic carbocycles. The van der Waals surface area contributed by atoms with E-state index < -0.39 is 0 Å². The summed E-state index contributed by atoms with van der Waals surface area (Å²) in [5, 5.41) is 0. The first-order valence-electron chi connectivity index (χ1n) is 6.66. The highest BCUT2D eigenvalue weighted by molar-refractivity contribution is 5.41. The lowest BCUT2D eigenvalue weighted by Gasteiger charge is -2.15. The van der Waals surface area contributed by atoms with E-state index in [2.05, 4.69) is 23.2 Å². The number of aromatic nitrogens is 1. The summed E-state index contributed by atoms with van der Waals surface area (Å²) in [6.45, 7) is 0. The molecule has 0 spiro atoms. The largest absolute Gasteiger partial charge is 0.495 e. The maximum Gasteiger partial charge on any atom is 0.142 e. The van der Waals surface area contributed by atoms with Crippen molar-refractivity contribution in [3.05, 3.63) is 58.9 Å². The van der Waals surface area contributed by atoms with Gasteiger partial charge >= 0.3 is 0 Å². The van der Waals surface area contributed by atoms with Crippen LogP contribution in [0.3, 0.4) is 0 Å². The van der Waals surface area contributed by atoms with Crippen molar-refractivity contribution < 1.29 is 4.74 Å². The minimum absolute atomic E-state index is 0.234. The van der Waals surface area contributed by atoms with Crippen molar-refractivity contribution in [1.29, 1.82) is 0 Å². The molecule has 3 nitrogen and oxygen atoms in total. The first-order chi connectivity index (χ1) is 9.29. The number of hydrogen-bond donors (Lipinski definition) is 1. The third kappa shape index (κ3) is 2.22. The summed E-state index contributed by atoms with van der Waals surface area (Å²) in [4.78, 5) is 4.37. The van der Waals surface area contributed by atoms with E-state index in [-0.39, 0.29) is 6.04 Å². The van der Waals surface area contributed by atoms with Gasteiger partial charge < -0.3 is 10.5 Å². The number of benzene rings is 1. The molecule has 19 heavy (non-hydrogen) atoms. The molecule has 3 rings (SSSR count). The van der Waals surface area contributed by atoms with Crippen LogP contribution in [0.2, 0.25) is 0 Å². The Bertz CT molecular complexity index is 595. The van der Waals surface area contributed by atoms with Crippen LogP contribution in [0.25, 0.3) is 0 Å². The molecule has 0 saturated carbocycles. The number of methoxy groups -OCH3 is 1. The van der Waals surface area contributed by atoms with Crippen molar-refractivity contribution in [2.45, 2.75) is 25.3 Å². The van der Waals surface area contributed by atoms with Crippen LogP contribution < -0.4 is 10.5 Å². The van der Waals surface area contributed by atoms with Crippen LogP contribution in [-0.4, -0.2) is 12.1 Å². The molecule has 1 atom stereocenters. The Hall–Kier alpha value is -1.87. The molecule has 0 aliphatic heterocycles. The summed E-state index contributed by atoms with van der Waals surface area (Å²) < 4.78 is 5.34. The number of aryl methyl sites for hydroxylation is 2. The Balaban J connectivity index is 1.97. The van der Waals surface area contributed by atoms with E-state index in [0.717, 1.165) is 23.4 Å². The van der Waals surface area contributed by atoms with Crippen molar-refractivity contribution in [2.75, 3.05) is 7.11 Å². The van der Waals surface area contributed by atoms with Crippen LogP contribution in [0.5, 0.6) is 5.75 Å². The standard InChI is InChI=1S/C16H18N2O/c1-19-14-6-3-9-18-16(14)15(17)13-8-7-11-4-2-5-12(11)10-13/h3,6-10,15H,2,4-5,17H2,1H3. The number of pyridine rings is 1. The zero-order valence-corrected chi connectivity index (χ0v) is 11.1. The SMILES string of the molecule is COc1cccnc1C(N)c1ccc2c(c1)CCC2. The van der Waals surface area contributed by atoms with Gasteiger partial charge in [-0.1, -0.05) is 18.2 Å². The van der Waals surface area contributed by atoms with Gasteiger partial charge in [0.25, 0.3) is 0 Å². The third-order valence-corrected chi connectivity index (χ3v) is 3.80. The molecule has 3 heteroatoms. The van der Waals surface area contributed by atoms with E-state index in [4.69, 9.17) is 10.5 Å². The van der Waals surface area contributed by atoms with Crippen molar-refractivity contribution in [1.82, 2.24) is 4.98 Å². The molecule has 0 amide bonds. The van der Waals surface area contributed by atoms with Crippen molar-refractivity contribution in [2.24, 2.45) is 5.73 Å². The summed E-state index contributed by atoms with van der Waals surface area (Å²) in [6.07, 6.45) is 5.36. The fraction of sp³-hybridized carbons (Fsp3) is 0.312. The van der Waals surface area contributed by atoms with Crippen molar-refractivity contribution >= 4 is 0 Å². The van der Waals surface area contributed by atoms with Crippen LogP contribution in [0, 0.1) is 0 Å². The van der Waals surface area contributed by atoms with Crippen LogP contribution >= 0.6 is 0 Å². The first-order valence-corrected chi connectivity index (χ1v) is 6.66. The van der Waals surface area contributed by atoms with E-state index in [1.807, 2.05) is 12.1 Å². The normalized spacial score (nSPS) is 15.1. The highest BCUT2D eigenvalue weighted by Crippen LogP contribution is 2.29. The minimum Gasteiger partial charge on any atom is -0.495 e. The molecule has 0 fully saturated rings. The molecule has 1 heterocycles. The summed E-state index contributed by atoms with van der Waals surface area (Å²) in [5.74, 6) is 0.746. The zero-order valence-electron chi connectivity index (χ0n) is 11.1. The lowest BCUT2D eigenvalue weighted by atomic mass is 9.99. The third-order valence-electron chi connectivity index (χ3n) is 3.80. The predicted octanol–water partition coefficient (Wildman–Crippen LogP) is 2.63. The molecule has 1 aliphatic rings. The Morgan fingerprint density at radius 3 is 2.89 bits per heavy atom. The van der Waals surface area contributed by atoms with Crippen molar-refractivity contribution in [3.8, 4) is 5.75 Å². The number of hydrogen-bond acceptors (Lipinski definition) is 3. The number of ether oxygens (including phenoxy) is 1. The first kappa shape index (κ1) is 12.2. The second kappa shape index (κ2) is 5.02. The molecular weight excluding hydrogens is 236 g/mol. The van der Waals surface area contributed by atoms with E-state index in [0.29, 0.717) is 0 Å². The fourth-order valence-electron chi connectivity index (χ4n) is 2.75. The van der Waals surface area contributed by atoms with Gasteiger partial charge in [-0.3, -0.25) is 4.98 Å². The topological polar surface area (TPSA) is 48.1 Å². The minimum atomic E-state index is -0.234. The van der Waals surface area contributed by atoms with Gasteiger partial charge in [-0.2, -0.15) is 0 Å². The average molecular weight is 254 g/mol. The molecule has 0 radical (unpaired) electrons. The fourth-order valence-corrected chi connectivity index (χ4v) is 2.75. The molecule has 1 unspecified atom stereocenters. The molecule has 1 aromatic heterocycles. The van der Waals surface area contributed by atoms with Crippen LogP contribution in [0.1, 0.15) is 34.8 Å². The number of nitrogens with two attached hydrogens (primary N) is 1. The van der Waals surface area contributed by atoms with Crippen molar-refractivity contribution in [3.63, 3.8) is 0 Å². The van der Waals surface area contributed by atoms with E-state index in [1.54, 1.807) is 13.3 Å². The van der Waals surface area contributed by atoms with Gasteiger partial charge in [-0.05, 0) is 48.1 Å². The zero-order chi connectivity index (χ0) is 13.2. The Kier molecular flexibility index (Phi) is 3.22. The van der Waals surface area contributed by atoms with Crippen LogP contribution in [-0.2, 0) is 12.8 Å². The molecule has 0 bridgehead atoms. The average Bonchev–Trinajstić information content (AvgIpc) is 2.93. The quantitative estimate of drug-likeness (QED) is 0.916. The molecule has 98 valence electrons. The maximum absolute atomic E-state index is 6.34. The van der Waals surface area contributed by atoms with Gasteiger partial charge in [0.2, 0.25) is 0 Å². The summed E-state index contributed by atoms with van der Waals surface area (Å²) in [5.41, 5.74) is 11.1. The lowest BCUT2D eigenvalue weighted by Crippen LogP contribution is -2.15. The number of fused-ring (bicyclic) bond motifs is 1. The van der Waals surface area contributed by atoms with E-state index in [1.165, 1.54) is 24.0 Å². The maximum atomic E-state index is 6.34. The van der Waals surface area contributed by atoms with Gasteiger partial charge in [-0.25, -0.2) is 0 Å². The second-order valence-electron chi connectivity index (χ2n) is 4.95. The number of nitrogens with zero attached hydrogens (tertiary/aromatic N) is 1. The Morgan fingerprint density at radius 2 is 2.05 bits per heavy atom. The second-order valence-corrected chi connectivity index (χ2v) is 4.95. The van der Waals surface area contributed by atoms with Crippen LogP contribution in [0.15, 0.2) is 36.5 Å². The number of rotatable bonds is 3. The predicted molar refractivity (Wildman–Crippen MR) is 75.3 cm³/mol. The smallest absolute Gasteiger partial charge is 0.142 e. The van der Waals surface area contributed by atoms with Crippen LogP contribution in [0.4, 0.5) is 0 Å². The Morgan fingerprint density at radius 1 is 1.21 bits per heavy atom. The monoisotopic (exact) mass is 254 g/mol. The summed E-state index contributed by atoms with van der Waals surface area (Å²) in [7, 11) is 1.65. The highest BCUT2D eigenvalue weighted by Gasteiger charge is 2.18. The summed E-state index contributed by atoms with van der Waals surface area (Å²) in [6, 6.07) is 10.1. The molecule has 1 aliphatic carbocycles. The Labute approximate surface area is 113 Å². The summed E-state index contributed by atoms with van der Waals surface area (Å²) >= 11 is 0. The molecule has 0 saturated heterocycles. The van der Waals surface area contributed by atoms with E-state index in [9.17, 15) is 0 Å². The lowest BCUT2D eigenvalue weighted by molar-refractivity contribution is 0.404. The van der Waals surface area contributed by atoms with Gasteiger partial charge in [-0.15, -0.1) is 0 Å². The van der Waals surface area contributed by atoms with Gasteiger partial charge in [0, 0.05) is 6.20 Å². The van der Waals surface area contributed by atoms with E-state index >= 15 is 0 Å². The van der Waals surface area contributed by atoms with Gasteiger partial charge in [0.1, 0.15) is 11.4 Å². The molecular formula is C16H18N2O. The molecule has 2 N–H and O–H groups in total. The van der Waals surface area contributed by atoms with Gasteiger partial charge in [0.05, 0.1) is 13.2 Å². The highest BCUT2D eigenvalue weighted by atomic mass is 16.5.